The minimum atomic E-state index is 0.327. The van der Waals surface area contributed by atoms with E-state index in [-0.39, 0.29) is 0 Å². The van der Waals surface area contributed by atoms with Crippen LogP contribution in [0, 0.1) is 0 Å². The third kappa shape index (κ3) is 2.15. The van der Waals surface area contributed by atoms with Gasteiger partial charge in [0.05, 0.1) is 0 Å². The molecule has 4 heteroatoms. The van der Waals surface area contributed by atoms with E-state index in [0.29, 0.717) is 10.8 Å². The Labute approximate surface area is 89.1 Å². The van der Waals surface area contributed by atoms with Gasteiger partial charge in [-0.2, -0.15) is 0 Å². The molecule has 0 atom stereocenters. The molecule has 14 heavy (non-hydrogen) atoms. The Morgan fingerprint density at radius 1 is 1.50 bits per heavy atom. The lowest BCUT2D eigenvalue weighted by atomic mass is 10.2. The molecule has 0 N–H and O–H groups in total. The van der Waals surface area contributed by atoms with Crippen LogP contribution in [0.5, 0.6) is 0 Å². The third-order valence-electron chi connectivity index (χ3n) is 2.22. The van der Waals surface area contributed by atoms with Crippen molar-refractivity contribution in [2.45, 2.75) is 39.7 Å². The van der Waals surface area contributed by atoms with Crippen LogP contribution in [0.25, 0.3) is 0 Å². The SMILES string of the molecule is CCCCc1nc(Cl)c(C=O)n1CC. The van der Waals surface area contributed by atoms with Crippen molar-refractivity contribution in [3.05, 3.63) is 16.7 Å². The fourth-order valence-corrected chi connectivity index (χ4v) is 1.72. The van der Waals surface area contributed by atoms with Crippen molar-refractivity contribution in [3.8, 4) is 0 Å². The van der Waals surface area contributed by atoms with Crippen molar-refractivity contribution < 1.29 is 4.79 Å². The largest absolute Gasteiger partial charge is 0.325 e. The Hall–Kier alpha value is -0.830. The number of unbranched alkanes of at least 4 members (excludes halogenated alkanes) is 1. The minimum Gasteiger partial charge on any atom is -0.325 e. The molecule has 0 saturated heterocycles. The number of imidazole rings is 1. The first-order valence-electron chi connectivity index (χ1n) is 4.94. The van der Waals surface area contributed by atoms with E-state index in [4.69, 9.17) is 11.6 Å². The molecule has 0 aliphatic rings. The van der Waals surface area contributed by atoms with Crippen molar-refractivity contribution in [1.82, 2.24) is 9.55 Å². The molecule has 0 bridgehead atoms. The van der Waals surface area contributed by atoms with Crippen molar-refractivity contribution in [3.63, 3.8) is 0 Å². The summed E-state index contributed by atoms with van der Waals surface area (Å²) >= 11 is 5.84. The second-order valence-corrected chi connectivity index (χ2v) is 3.53. The highest BCUT2D eigenvalue weighted by atomic mass is 35.5. The Morgan fingerprint density at radius 2 is 2.21 bits per heavy atom. The molecule has 78 valence electrons. The van der Waals surface area contributed by atoms with Crippen LogP contribution in [0.15, 0.2) is 0 Å². The first-order chi connectivity index (χ1) is 6.74. The van der Waals surface area contributed by atoms with Crippen molar-refractivity contribution in [2.75, 3.05) is 0 Å². The standard InChI is InChI=1S/C10H15ClN2O/c1-3-5-6-9-12-10(11)8(7-14)13(9)4-2/h7H,3-6H2,1-2H3. The Kier molecular flexibility index (Phi) is 4.14. The van der Waals surface area contributed by atoms with Crippen molar-refractivity contribution in [2.24, 2.45) is 0 Å². The maximum atomic E-state index is 10.7. The molecule has 0 radical (unpaired) electrons. The monoisotopic (exact) mass is 214 g/mol. The lowest BCUT2D eigenvalue weighted by Crippen LogP contribution is -2.05. The molecule has 1 aromatic rings. The fraction of sp³-hybridized carbons (Fsp3) is 0.600. The molecule has 1 heterocycles. The van der Waals surface area contributed by atoms with Crippen LogP contribution in [0.2, 0.25) is 5.15 Å². The van der Waals surface area contributed by atoms with E-state index >= 15 is 0 Å². The zero-order valence-corrected chi connectivity index (χ0v) is 9.34. The van der Waals surface area contributed by atoms with Gasteiger partial charge in [0, 0.05) is 13.0 Å². The van der Waals surface area contributed by atoms with E-state index in [1.54, 1.807) is 0 Å². The van der Waals surface area contributed by atoms with Gasteiger partial charge in [-0.05, 0) is 13.3 Å². The topological polar surface area (TPSA) is 34.9 Å². The Balaban J connectivity index is 2.98. The number of aryl methyl sites for hydroxylation is 1. The molecule has 0 saturated carbocycles. The molecule has 0 aliphatic heterocycles. The van der Waals surface area contributed by atoms with E-state index in [1.165, 1.54) is 0 Å². The summed E-state index contributed by atoms with van der Waals surface area (Å²) in [4.78, 5) is 14.9. The smallest absolute Gasteiger partial charge is 0.169 e. The summed E-state index contributed by atoms with van der Waals surface area (Å²) < 4.78 is 1.88. The Bertz CT molecular complexity index is 320. The highest BCUT2D eigenvalue weighted by Crippen LogP contribution is 2.16. The average Bonchev–Trinajstić information content (AvgIpc) is 2.50. The number of halogens is 1. The van der Waals surface area contributed by atoms with E-state index in [1.807, 2.05) is 11.5 Å². The number of aldehydes is 1. The van der Waals surface area contributed by atoms with Gasteiger partial charge >= 0.3 is 0 Å². The van der Waals surface area contributed by atoms with Gasteiger partial charge in [0.1, 0.15) is 11.5 Å². The molecule has 0 fully saturated rings. The summed E-state index contributed by atoms with van der Waals surface area (Å²) in [6, 6.07) is 0. The highest BCUT2D eigenvalue weighted by Gasteiger charge is 2.12. The van der Waals surface area contributed by atoms with Crippen LogP contribution < -0.4 is 0 Å². The number of carbonyl (C=O) groups excluding carboxylic acids is 1. The van der Waals surface area contributed by atoms with Crippen molar-refractivity contribution >= 4 is 17.9 Å². The van der Waals surface area contributed by atoms with E-state index < -0.39 is 0 Å². The van der Waals surface area contributed by atoms with E-state index in [0.717, 1.165) is 37.9 Å². The number of hydrogen-bond donors (Lipinski definition) is 0. The molecule has 0 amide bonds. The second kappa shape index (κ2) is 5.15. The van der Waals surface area contributed by atoms with Crippen LogP contribution in [-0.2, 0) is 13.0 Å². The van der Waals surface area contributed by atoms with Gasteiger partial charge in [-0.25, -0.2) is 4.98 Å². The van der Waals surface area contributed by atoms with E-state index in [9.17, 15) is 4.79 Å². The van der Waals surface area contributed by atoms with Crippen molar-refractivity contribution in [1.29, 1.82) is 0 Å². The van der Waals surface area contributed by atoms with Crippen LogP contribution in [0.1, 0.15) is 43.0 Å². The fourth-order valence-electron chi connectivity index (χ4n) is 1.47. The lowest BCUT2D eigenvalue weighted by Gasteiger charge is -2.04. The second-order valence-electron chi connectivity index (χ2n) is 3.17. The maximum absolute atomic E-state index is 10.7. The number of nitrogens with zero attached hydrogens (tertiary/aromatic N) is 2. The summed E-state index contributed by atoms with van der Waals surface area (Å²) in [5, 5.41) is 0.327. The third-order valence-corrected chi connectivity index (χ3v) is 2.50. The summed E-state index contributed by atoms with van der Waals surface area (Å²) in [5.41, 5.74) is 0.500. The van der Waals surface area contributed by atoms with Gasteiger partial charge < -0.3 is 4.57 Å². The molecular weight excluding hydrogens is 200 g/mol. The predicted molar refractivity (Wildman–Crippen MR) is 56.9 cm³/mol. The first kappa shape index (κ1) is 11.2. The number of rotatable bonds is 5. The zero-order valence-electron chi connectivity index (χ0n) is 8.59. The number of carbonyl (C=O) groups is 1. The molecule has 0 aromatic carbocycles. The highest BCUT2D eigenvalue weighted by molar-refractivity contribution is 6.31. The molecule has 3 nitrogen and oxygen atoms in total. The molecule has 0 spiro atoms. The average molecular weight is 215 g/mol. The summed E-state index contributed by atoms with van der Waals surface area (Å²) in [5.74, 6) is 0.918. The lowest BCUT2D eigenvalue weighted by molar-refractivity contribution is 0.111. The number of aromatic nitrogens is 2. The van der Waals surface area contributed by atoms with Crippen LogP contribution in [0.3, 0.4) is 0 Å². The first-order valence-corrected chi connectivity index (χ1v) is 5.32. The summed E-state index contributed by atoms with van der Waals surface area (Å²) in [7, 11) is 0. The normalized spacial score (nSPS) is 10.5. The Morgan fingerprint density at radius 3 is 2.71 bits per heavy atom. The van der Waals surface area contributed by atoms with Gasteiger partial charge in [-0.1, -0.05) is 24.9 Å². The summed E-state index contributed by atoms with van der Waals surface area (Å²) in [6.07, 6.45) is 3.85. The maximum Gasteiger partial charge on any atom is 0.169 e. The van der Waals surface area contributed by atoms with Crippen LogP contribution in [-0.4, -0.2) is 15.8 Å². The molecular formula is C10H15ClN2O. The molecule has 1 rings (SSSR count). The predicted octanol–water partition coefficient (Wildman–Crippen LogP) is 2.71. The number of hydrogen-bond acceptors (Lipinski definition) is 2. The van der Waals surface area contributed by atoms with Gasteiger partial charge in [0.25, 0.3) is 0 Å². The quantitative estimate of drug-likeness (QED) is 0.707. The molecule has 0 aliphatic carbocycles. The van der Waals surface area contributed by atoms with Gasteiger partial charge in [0.15, 0.2) is 11.4 Å². The minimum absolute atomic E-state index is 0.327. The van der Waals surface area contributed by atoms with Gasteiger partial charge in [0.2, 0.25) is 0 Å². The van der Waals surface area contributed by atoms with Crippen LogP contribution >= 0.6 is 11.6 Å². The molecule has 0 unspecified atom stereocenters. The molecule has 1 aromatic heterocycles. The van der Waals surface area contributed by atoms with Crippen LogP contribution in [0.4, 0.5) is 0 Å². The van der Waals surface area contributed by atoms with Gasteiger partial charge in [-0.15, -0.1) is 0 Å². The van der Waals surface area contributed by atoms with Gasteiger partial charge in [-0.3, -0.25) is 4.79 Å². The van der Waals surface area contributed by atoms with E-state index in [2.05, 4.69) is 11.9 Å². The summed E-state index contributed by atoms with van der Waals surface area (Å²) in [6.45, 7) is 4.86. The zero-order chi connectivity index (χ0) is 10.6.